The molecule has 0 N–H and O–H groups in total. The van der Waals surface area contributed by atoms with E-state index in [0.29, 0.717) is 6.04 Å². The van der Waals surface area contributed by atoms with E-state index in [1.807, 2.05) is 0 Å². The smallest absolute Gasteiger partial charge is 0.0172 e. The van der Waals surface area contributed by atoms with Crippen molar-refractivity contribution in [2.24, 2.45) is 0 Å². The van der Waals surface area contributed by atoms with Crippen LogP contribution in [0.1, 0.15) is 19.8 Å². The lowest BCUT2D eigenvalue weighted by molar-refractivity contribution is 0.473. The molecule has 1 heterocycles. The lowest BCUT2D eigenvalue weighted by atomic mass is 10.3. The van der Waals surface area contributed by atoms with Gasteiger partial charge in [0.25, 0.3) is 0 Å². The predicted molar refractivity (Wildman–Crippen MR) is 34.4 cm³/mol. The Balaban J connectivity index is 2.33. The van der Waals surface area contributed by atoms with Crippen LogP contribution in [-0.4, -0.2) is 16.9 Å². The second-order valence-corrected chi connectivity index (χ2v) is 2.67. The highest BCUT2D eigenvalue weighted by molar-refractivity contribution is 7.77. The van der Waals surface area contributed by atoms with Gasteiger partial charge in [-0.15, -0.1) is 0 Å². The maximum absolute atomic E-state index is 4.22. The van der Waals surface area contributed by atoms with Gasteiger partial charge in [0.1, 0.15) is 0 Å². The van der Waals surface area contributed by atoms with E-state index < -0.39 is 0 Å². The molecule has 1 atom stereocenters. The number of hydrogen-bond acceptors (Lipinski definition) is 2. The molecule has 1 aliphatic rings. The Morgan fingerprint density at radius 2 is 2.43 bits per heavy atom. The Labute approximate surface area is 50.2 Å². The van der Waals surface area contributed by atoms with E-state index in [4.69, 9.17) is 0 Å². The maximum Gasteiger partial charge on any atom is 0.0172 e. The predicted octanol–water partition coefficient (Wildman–Crippen LogP) is 1.32. The molecule has 1 fully saturated rings. The van der Waals surface area contributed by atoms with Crippen LogP contribution in [0, 0.1) is 0 Å². The molecule has 0 aliphatic carbocycles. The van der Waals surface area contributed by atoms with Crippen LogP contribution in [0.2, 0.25) is 0 Å². The minimum atomic E-state index is 0.711. The maximum atomic E-state index is 4.22. The topological polar surface area (TPSA) is 3.24 Å². The lowest BCUT2D eigenvalue weighted by Gasteiger charge is -2.10. The molecule has 0 aromatic carbocycles. The van der Waals surface area contributed by atoms with Crippen molar-refractivity contribution in [3.8, 4) is 0 Å². The fraction of sp³-hybridized carbons (Fsp3) is 1.00. The molecule has 0 spiro atoms. The average molecular weight is 117 g/mol. The van der Waals surface area contributed by atoms with E-state index in [0.717, 1.165) is 0 Å². The van der Waals surface area contributed by atoms with Crippen LogP contribution < -0.4 is 0 Å². The largest absolute Gasteiger partial charge is 0.250 e. The van der Waals surface area contributed by atoms with Crippen molar-refractivity contribution in [3.05, 3.63) is 0 Å². The molecule has 1 aliphatic heterocycles. The van der Waals surface area contributed by atoms with Gasteiger partial charge >= 0.3 is 0 Å². The third-order valence-electron chi connectivity index (χ3n) is 1.52. The van der Waals surface area contributed by atoms with Crippen molar-refractivity contribution in [1.82, 2.24) is 4.31 Å². The minimum absolute atomic E-state index is 0.711. The van der Waals surface area contributed by atoms with E-state index in [1.165, 1.54) is 19.4 Å². The van der Waals surface area contributed by atoms with Crippen molar-refractivity contribution in [3.63, 3.8) is 0 Å². The summed E-state index contributed by atoms with van der Waals surface area (Å²) in [7, 11) is 0. The molecule has 1 nitrogen and oxygen atoms in total. The molecule has 0 amide bonds. The summed E-state index contributed by atoms with van der Waals surface area (Å²) in [5.41, 5.74) is 0. The third kappa shape index (κ3) is 1.10. The molecule has 0 aromatic rings. The number of hydrogen-bond donors (Lipinski definition) is 1. The van der Waals surface area contributed by atoms with Gasteiger partial charge < -0.3 is 0 Å². The van der Waals surface area contributed by atoms with E-state index in [-0.39, 0.29) is 0 Å². The van der Waals surface area contributed by atoms with Gasteiger partial charge in [0, 0.05) is 12.6 Å². The van der Waals surface area contributed by atoms with Gasteiger partial charge in [0.15, 0.2) is 0 Å². The summed E-state index contributed by atoms with van der Waals surface area (Å²) in [6.45, 7) is 3.38. The van der Waals surface area contributed by atoms with Crippen LogP contribution in [-0.2, 0) is 0 Å². The van der Waals surface area contributed by atoms with Crippen LogP contribution in [0.25, 0.3) is 0 Å². The van der Waals surface area contributed by atoms with Gasteiger partial charge in [-0.1, -0.05) is 12.8 Å². The number of nitrogens with zero attached hydrogens (tertiary/aromatic N) is 1. The lowest BCUT2D eigenvalue weighted by Crippen LogP contribution is -2.14. The fourth-order valence-corrected chi connectivity index (χ4v) is 1.17. The first kappa shape index (κ1) is 5.45. The van der Waals surface area contributed by atoms with Gasteiger partial charge in [0.05, 0.1) is 0 Å². The van der Waals surface area contributed by atoms with Gasteiger partial charge in [-0.25, -0.2) is 0 Å². The molecule has 1 rings (SSSR count). The molecule has 0 unspecified atom stereocenters. The van der Waals surface area contributed by atoms with E-state index in [1.54, 1.807) is 0 Å². The monoisotopic (exact) mass is 117 g/mol. The standard InChI is InChI=1S/C5H11NS/c1-5-3-2-4-6(5)7/h5,7H,2-4H2,1H3/t5-/m1/s1. The zero-order valence-electron chi connectivity index (χ0n) is 4.59. The van der Waals surface area contributed by atoms with Crippen molar-refractivity contribution < 1.29 is 0 Å². The van der Waals surface area contributed by atoms with Crippen LogP contribution in [0.3, 0.4) is 0 Å². The van der Waals surface area contributed by atoms with Crippen molar-refractivity contribution in [2.75, 3.05) is 6.54 Å². The molecule has 0 aromatic heterocycles. The Morgan fingerprint density at radius 1 is 1.71 bits per heavy atom. The zero-order chi connectivity index (χ0) is 5.28. The second kappa shape index (κ2) is 2.05. The van der Waals surface area contributed by atoms with Crippen LogP contribution in [0.15, 0.2) is 0 Å². The average Bonchev–Trinajstić information content (AvgIpc) is 1.91. The molecule has 42 valence electrons. The Hall–Kier alpha value is 0.310. The van der Waals surface area contributed by atoms with Gasteiger partial charge in [-0.2, -0.15) is 0 Å². The van der Waals surface area contributed by atoms with Crippen LogP contribution in [0.4, 0.5) is 0 Å². The highest BCUT2D eigenvalue weighted by Crippen LogP contribution is 2.16. The molecule has 2 heteroatoms. The molecule has 0 bridgehead atoms. The van der Waals surface area contributed by atoms with E-state index in [2.05, 4.69) is 24.0 Å². The Kier molecular flexibility index (Phi) is 1.60. The molecule has 7 heavy (non-hydrogen) atoms. The molecule has 1 saturated heterocycles. The number of thiol groups is 1. The SMILES string of the molecule is C[C@@H]1CCCN1S. The normalized spacial score (nSPS) is 34.3. The first-order valence-electron chi connectivity index (χ1n) is 2.76. The molecule has 0 saturated carbocycles. The quantitative estimate of drug-likeness (QED) is 0.468. The third-order valence-corrected chi connectivity index (χ3v) is 2.11. The second-order valence-electron chi connectivity index (χ2n) is 2.15. The summed E-state index contributed by atoms with van der Waals surface area (Å²) in [4.78, 5) is 0. The van der Waals surface area contributed by atoms with Crippen molar-refractivity contribution >= 4 is 12.8 Å². The zero-order valence-corrected chi connectivity index (χ0v) is 5.49. The molecular formula is C5H11NS. The van der Waals surface area contributed by atoms with E-state index in [9.17, 15) is 0 Å². The van der Waals surface area contributed by atoms with Crippen molar-refractivity contribution in [2.45, 2.75) is 25.8 Å². The highest BCUT2D eigenvalue weighted by Gasteiger charge is 2.15. The fourth-order valence-electron chi connectivity index (χ4n) is 0.918. The first-order chi connectivity index (χ1) is 3.30. The molecule has 0 radical (unpaired) electrons. The Morgan fingerprint density at radius 3 is 2.57 bits per heavy atom. The summed E-state index contributed by atoms with van der Waals surface area (Å²) in [6.07, 6.45) is 2.65. The highest BCUT2D eigenvalue weighted by atomic mass is 32.1. The first-order valence-corrected chi connectivity index (χ1v) is 3.16. The number of rotatable bonds is 0. The van der Waals surface area contributed by atoms with E-state index >= 15 is 0 Å². The summed E-state index contributed by atoms with van der Waals surface area (Å²) in [6, 6.07) is 0.711. The summed E-state index contributed by atoms with van der Waals surface area (Å²) in [5, 5.41) is 0. The Bertz CT molecular complexity index is 57.1. The van der Waals surface area contributed by atoms with Gasteiger partial charge in [0.2, 0.25) is 0 Å². The van der Waals surface area contributed by atoms with Gasteiger partial charge in [-0.05, 0) is 19.8 Å². The summed E-state index contributed by atoms with van der Waals surface area (Å²) in [5.74, 6) is 0. The minimum Gasteiger partial charge on any atom is -0.250 e. The molecular weight excluding hydrogens is 106 g/mol. The van der Waals surface area contributed by atoms with Gasteiger partial charge in [-0.3, -0.25) is 4.31 Å². The van der Waals surface area contributed by atoms with Crippen LogP contribution >= 0.6 is 12.8 Å². The summed E-state index contributed by atoms with van der Waals surface area (Å²) < 4.78 is 2.10. The van der Waals surface area contributed by atoms with Crippen molar-refractivity contribution in [1.29, 1.82) is 0 Å². The van der Waals surface area contributed by atoms with Crippen LogP contribution in [0.5, 0.6) is 0 Å². The summed E-state index contributed by atoms with van der Waals surface area (Å²) >= 11 is 4.22.